The van der Waals surface area contributed by atoms with E-state index in [1.807, 2.05) is 0 Å². The smallest absolute Gasteiger partial charge is 0.349 e. The molecule has 168 valence electrons. The van der Waals surface area contributed by atoms with Gasteiger partial charge >= 0.3 is 6.18 Å². The third-order valence-corrected chi connectivity index (χ3v) is 5.79. The van der Waals surface area contributed by atoms with Crippen LogP contribution in [-0.2, 0) is 17.5 Å². The summed E-state index contributed by atoms with van der Waals surface area (Å²) in [7, 11) is 0. The predicted molar refractivity (Wildman–Crippen MR) is 111 cm³/mol. The number of carbonyl (C=O) groups is 1. The first kappa shape index (κ1) is 23.8. The van der Waals surface area contributed by atoms with E-state index in [0.717, 1.165) is 23.9 Å². The maximum atomic E-state index is 13.0. The summed E-state index contributed by atoms with van der Waals surface area (Å²) in [4.78, 5) is 21.7. The molecule has 14 heteroatoms. The molecule has 8 nitrogen and oxygen atoms in total. The number of hydrogen-bond donors (Lipinski definition) is 1. The van der Waals surface area contributed by atoms with Gasteiger partial charge in [0.2, 0.25) is 11.1 Å². The number of amides is 1. The van der Waals surface area contributed by atoms with Gasteiger partial charge in [0.15, 0.2) is 5.82 Å². The molecule has 0 saturated carbocycles. The van der Waals surface area contributed by atoms with Crippen LogP contribution < -0.4 is 5.32 Å². The topological polar surface area (TPSA) is 103 Å². The second-order valence-corrected chi connectivity index (χ2v) is 8.11. The number of nitro benzene ring substituents is 1. The van der Waals surface area contributed by atoms with Gasteiger partial charge in [0.1, 0.15) is 0 Å². The maximum Gasteiger partial charge on any atom is 0.416 e. The molecule has 0 fully saturated rings. The molecular formula is C18H12Cl2F3N5O3S. The summed E-state index contributed by atoms with van der Waals surface area (Å²) in [6.07, 6.45) is -4.74. The van der Waals surface area contributed by atoms with Crippen LogP contribution in [0.25, 0.3) is 5.69 Å². The van der Waals surface area contributed by atoms with Crippen LogP contribution in [0.2, 0.25) is 10.0 Å². The van der Waals surface area contributed by atoms with Crippen molar-refractivity contribution in [2.45, 2.75) is 29.7 Å². The van der Waals surface area contributed by atoms with E-state index in [1.54, 1.807) is 6.07 Å². The summed E-state index contributed by atoms with van der Waals surface area (Å²) in [6.45, 7) is 1.28. The van der Waals surface area contributed by atoms with Crippen molar-refractivity contribution in [2.24, 2.45) is 0 Å². The van der Waals surface area contributed by atoms with E-state index in [9.17, 15) is 28.1 Å². The zero-order valence-electron chi connectivity index (χ0n) is 16.0. The van der Waals surface area contributed by atoms with Gasteiger partial charge in [-0.2, -0.15) is 13.2 Å². The van der Waals surface area contributed by atoms with Crippen LogP contribution in [0.15, 0.2) is 46.5 Å². The van der Waals surface area contributed by atoms with Crippen molar-refractivity contribution in [2.75, 3.05) is 0 Å². The molecule has 0 atom stereocenters. The molecule has 0 aliphatic carbocycles. The van der Waals surface area contributed by atoms with E-state index in [-0.39, 0.29) is 38.4 Å². The first-order valence-electron chi connectivity index (χ1n) is 8.65. The van der Waals surface area contributed by atoms with Gasteiger partial charge in [-0.3, -0.25) is 19.5 Å². The lowest BCUT2D eigenvalue weighted by Gasteiger charge is -2.12. The van der Waals surface area contributed by atoms with Gasteiger partial charge in [-0.15, -0.1) is 10.2 Å². The minimum Gasteiger partial charge on any atom is -0.349 e. The molecule has 0 bridgehead atoms. The molecule has 1 heterocycles. The minimum absolute atomic E-state index is 0.0295. The molecule has 0 aliphatic rings. The average Bonchev–Trinajstić information content (AvgIpc) is 3.10. The van der Waals surface area contributed by atoms with E-state index in [0.29, 0.717) is 11.8 Å². The van der Waals surface area contributed by atoms with Crippen molar-refractivity contribution in [3.8, 4) is 5.69 Å². The highest BCUT2D eigenvalue weighted by Gasteiger charge is 2.33. The number of nitrogens with zero attached hydrogens (tertiary/aromatic N) is 4. The summed E-state index contributed by atoms with van der Waals surface area (Å²) >= 11 is 12.8. The number of halogens is 5. The van der Waals surface area contributed by atoms with Gasteiger partial charge in [0, 0.05) is 13.0 Å². The van der Waals surface area contributed by atoms with E-state index in [4.69, 9.17) is 23.2 Å². The molecule has 0 unspecified atom stereocenters. The molecule has 0 radical (unpaired) electrons. The molecule has 0 aliphatic heterocycles. The van der Waals surface area contributed by atoms with Crippen LogP contribution in [0.4, 0.5) is 18.9 Å². The van der Waals surface area contributed by atoms with Gasteiger partial charge in [-0.25, -0.2) is 0 Å². The normalized spacial score (nSPS) is 11.4. The third kappa shape index (κ3) is 5.31. The fourth-order valence-corrected chi connectivity index (χ4v) is 3.84. The van der Waals surface area contributed by atoms with Crippen molar-refractivity contribution in [3.63, 3.8) is 0 Å². The highest BCUT2D eigenvalue weighted by atomic mass is 35.5. The van der Waals surface area contributed by atoms with Crippen molar-refractivity contribution in [3.05, 3.63) is 67.9 Å². The van der Waals surface area contributed by atoms with Crippen LogP contribution in [0, 0.1) is 10.1 Å². The van der Waals surface area contributed by atoms with Gasteiger partial charge in [-0.05, 0) is 42.1 Å². The molecule has 0 saturated heterocycles. The van der Waals surface area contributed by atoms with Crippen LogP contribution in [0.5, 0.6) is 0 Å². The zero-order valence-corrected chi connectivity index (χ0v) is 18.3. The van der Waals surface area contributed by atoms with E-state index < -0.39 is 22.4 Å². The third-order valence-electron chi connectivity index (χ3n) is 4.04. The summed E-state index contributed by atoms with van der Waals surface area (Å²) < 4.78 is 40.4. The molecule has 1 N–H and O–H groups in total. The van der Waals surface area contributed by atoms with E-state index >= 15 is 0 Å². The van der Waals surface area contributed by atoms with Crippen LogP contribution in [0.3, 0.4) is 0 Å². The highest BCUT2D eigenvalue weighted by Crippen LogP contribution is 2.39. The maximum absolute atomic E-state index is 13.0. The Morgan fingerprint density at radius 1 is 1.19 bits per heavy atom. The Hall–Kier alpha value is -2.83. The fourth-order valence-electron chi connectivity index (χ4n) is 2.59. The molecule has 3 rings (SSSR count). The number of aromatic nitrogens is 3. The van der Waals surface area contributed by atoms with Crippen molar-refractivity contribution in [1.82, 2.24) is 20.1 Å². The second kappa shape index (κ2) is 9.35. The molecule has 3 aromatic rings. The molecule has 0 spiro atoms. The Morgan fingerprint density at radius 2 is 1.91 bits per heavy atom. The van der Waals surface area contributed by atoms with Gasteiger partial charge in [0.25, 0.3) is 5.69 Å². The monoisotopic (exact) mass is 505 g/mol. The molecule has 1 aromatic heterocycles. The predicted octanol–water partition coefficient (Wildman–Crippen LogP) is 5.29. The Morgan fingerprint density at radius 3 is 2.50 bits per heavy atom. The summed E-state index contributed by atoms with van der Waals surface area (Å²) in [5, 5.41) is 22.6. The Kier molecular flexibility index (Phi) is 6.96. The Labute approximate surface area is 192 Å². The van der Waals surface area contributed by atoms with Gasteiger partial charge in [-0.1, -0.05) is 23.2 Å². The number of nitrogens with one attached hydrogen (secondary N) is 1. The summed E-state index contributed by atoms with van der Waals surface area (Å²) in [5.74, 6) is -0.0723. The number of alkyl halides is 3. The summed E-state index contributed by atoms with van der Waals surface area (Å²) in [6, 6.07) is 6.78. The molecule has 1 amide bonds. The van der Waals surface area contributed by atoms with E-state index in [2.05, 4.69) is 15.5 Å². The first-order chi connectivity index (χ1) is 15.0. The van der Waals surface area contributed by atoms with Crippen LogP contribution >= 0.6 is 35.0 Å². The number of carbonyl (C=O) groups excluding carboxylic acids is 1. The standard InChI is InChI=1S/C18H12Cl2F3N5O3S/c1-9(29)24-8-16-25-26-17(27(16)11-3-4-12(19)13(20)7-11)32-15-5-2-10(18(21,22)23)6-14(15)28(30)31/h2-7H,8H2,1H3,(H,24,29). The molecular weight excluding hydrogens is 494 g/mol. The van der Waals surface area contributed by atoms with E-state index in [1.165, 1.54) is 23.6 Å². The van der Waals surface area contributed by atoms with Crippen molar-refractivity contribution in [1.29, 1.82) is 0 Å². The lowest BCUT2D eigenvalue weighted by atomic mass is 10.2. The number of hydrogen-bond acceptors (Lipinski definition) is 6. The summed E-state index contributed by atoms with van der Waals surface area (Å²) in [5.41, 5.74) is -1.45. The molecule has 2 aromatic carbocycles. The van der Waals surface area contributed by atoms with Crippen molar-refractivity contribution < 1.29 is 22.9 Å². The lowest BCUT2D eigenvalue weighted by molar-refractivity contribution is -0.388. The van der Waals surface area contributed by atoms with Crippen LogP contribution in [-0.4, -0.2) is 25.6 Å². The second-order valence-electron chi connectivity index (χ2n) is 6.28. The number of benzene rings is 2. The van der Waals surface area contributed by atoms with Gasteiger partial charge < -0.3 is 5.32 Å². The highest BCUT2D eigenvalue weighted by molar-refractivity contribution is 7.99. The fraction of sp³-hybridized carbons (Fsp3) is 0.167. The van der Waals surface area contributed by atoms with Crippen LogP contribution in [0.1, 0.15) is 18.3 Å². The zero-order chi connectivity index (χ0) is 23.6. The Balaban J connectivity index is 2.09. The Bertz CT molecular complexity index is 1200. The lowest BCUT2D eigenvalue weighted by Crippen LogP contribution is -2.21. The average molecular weight is 506 g/mol. The first-order valence-corrected chi connectivity index (χ1v) is 10.2. The SMILES string of the molecule is CC(=O)NCc1nnc(Sc2ccc(C(F)(F)F)cc2[N+](=O)[O-])n1-c1ccc(Cl)c(Cl)c1. The van der Waals surface area contributed by atoms with Crippen molar-refractivity contribution >= 4 is 46.6 Å². The number of nitro groups is 1. The molecule has 32 heavy (non-hydrogen) atoms. The van der Waals surface area contributed by atoms with Gasteiger partial charge in [0.05, 0.1) is 37.7 Å². The minimum atomic E-state index is -4.74. The number of rotatable bonds is 6. The quantitative estimate of drug-likeness (QED) is 0.360. The largest absolute Gasteiger partial charge is 0.416 e.